The summed E-state index contributed by atoms with van der Waals surface area (Å²) in [6.45, 7) is 6.71. The molecule has 0 aliphatic carbocycles. The van der Waals surface area contributed by atoms with Crippen molar-refractivity contribution >= 4 is 33.5 Å². The number of hydrogen-bond donors (Lipinski definition) is 2. The summed E-state index contributed by atoms with van der Waals surface area (Å²) in [4.78, 5) is 26.1. The number of benzene rings is 3. The lowest BCUT2D eigenvalue weighted by Crippen LogP contribution is -2.45. The van der Waals surface area contributed by atoms with Gasteiger partial charge in [0.25, 0.3) is 0 Å². The number of sulfone groups is 1. The standard InChI is InChI=1S/C31H36ClNO9S/c1-20(33(30(37)42-31(2,3)4)18-25(34)22-8-6-9-23(32)17-22)16-21-12-14-24(15-13-21)43(38,39)27-11-7-10-26(41-19-40-5)28(27)29(35)36/h6-15,17,20,25,34H,16,18-19H2,1-5H3,(H,35,36)/t20-,25-/m1/s1. The van der Waals surface area contributed by atoms with E-state index in [9.17, 15) is 28.2 Å². The fourth-order valence-electron chi connectivity index (χ4n) is 4.33. The molecule has 3 rings (SSSR count). The summed E-state index contributed by atoms with van der Waals surface area (Å²) in [5.74, 6) is -1.60. The normalized spacial score (nSPS) is 13.2. The van der Waals surface area contributed by atoms with Gasteiger partial charge in [-0.25, -0.2) is 18.0 Å². The lowest BCUT2D eigenvalue weighted by molar-refractivity contribution is 0.00545. The molecule has 1 amide bonds. The van der Waals surface area contributed by atoms with Crippen LogP contribution in [0.3, 0.4) is 0 Å². The molecule has 0 bridgehead atoms. The fourth-order valence-corrected chi connectivity index (χ4v) is 5.99. The summed E-state index contributed by atoms with van der Waals surface area (Å²) in [5.41, 5.74) is -0.0242. The zero-order valence-electron chi connectivity index (χ0n) is 24.6. The van der Waals surface area contributed by atoms with Gasteiger partial charge in [-0.1, -0.05) is 41.9 Å². The summed E-state index contributed by atoms with van der Waals surface area (Å²) >= 11 is 6.08. The lowest BCUT2D eigenvalue weighted by atomic mass is 10.0. The van der Waals surface area contributed by atoms with Crippen molar-refractivity contribution in [3.63, 3.8) is 0 Å². The molecule has 0 spiro atoms. The van der Waals surface area contributed by atoms with Crippen LogP contribution in [0.4, 0.5) is 4.79 Å². The molecule has 232 valence electrons. The Labute approximate surface area is 256 Å². The maximum Gasteiger partial charge on any atom is 0.410 e. The molecule has 0 saturated heterocycles. The van der Waals surface area contributed by atoms with Crippen molar-refractivity contribution in [3.05, 3.63) is 88.4 Å². The molecule has 43 heavy (non-hydrogen) atoms. The van der Waals surface area contributed by atoms with Gasteiger partial charge in [-0.15, -0.1) is 0 Å². The van der Waals surface area contributed by atoms with E-state index in [4.69, 9.17) is 25.8 Å². The molecule has 10 nitrogen and oxygen atoms in total. The zero-order chi connectivity index (χ0) is 31.9. The third kappa shape index (κ3) is 8.93. The van der Waals surface area contributed by atoms with Crippen LogP contribution in [0.15, 0.2) is 76.5 Å². The van der Waals surface area contributed by atoms with Crippen molar-refractivity contribution in [1.82, 2.24) is 4.90 Å². The van der Waals surface area contributed by atoms with E-state index in [-0.39, 0.29) is 24.0 Å². The molecule has 2 atom stereocenters. The first-order valence-electron chi connectivity index (χ1n) is 13.4. The number of nitrogens with zero attached hydrogens (tertiary/aromatic N) is 1. The number of aromatic carboxylic acids is 1. The largest absolute Gasteiger partial charge is 0.478 e. The molecule has 0 fully saturated rings. The first-order valence-corrected chi connectivity index (χ1v) is 15.3. The molecule has 0 saturated carbocycles. The molecular weight excluding hydrogens is 598 g/mol. The summed E-state index contributed by atoms with van der Waals surface area (Å²) in [6, 6.07) is 16.2. The predicted octanol–water partition coefficient (Wildman–Crippen LogP) is 5.76. The van der Waals surface area contributed by atoms with Gasteiger partial charge in [-0.3, -0.25) is 0 Å². The Hall–Kier alpha value is -3.64. The molecule has 0 aliphatic heterocycles. The minimum absolute atomic E-state index is 0.0671. The SMILES string of the molecule is COCOc1cccc(S(=O)(=O)c2ccc(C[C@@H](C)N(C[C@@H](O)c3cccc(Cl)c3)C(=O)OC(C)(C)C)cc2)c1C(=O)O. The van der Waals surface area contributed by atoms with Crippen LogP contribution in [0, 0.1) is 0 Å². The number of carboxylic acids is 1. The summed E-state index contributed by atoms with van der Waals surface area (Å²) in [7, 11) is -2.88. The Morgan fingerprint density at radius 3 is 2.26 bits per heavy atom. The van der Waals surface area contributed by atoms with Crippen LogP contribution in [0.25, 0.3) is 0 Å². The number of amides is 1. The van der Waals surface area contributed by atoms with Crippen molar-refractivity contribution in [2.75, 3.05) is 20.4 Å². The van der Waals surface area contributed by atoms with Gasteiger partial charge in [0.05, 0.1) is 22.4 Å². The molecule has 0 aromatic heterocycles. The lowest BCUT2D eigenvalue weighted by Gasteiger charge is -2.33. The monoisotopic (exact) mass is 633 g/mol. The van der Waals surface area contributed by atoms with Crippen LogP contribution < -0.4 is 4.74 Å². The number of aliphatic hydroxyl groups excluding tert-OH is 1. The van der Waals surface area contributed by atoms with E-state index in [1.165, 1.54) is 42.3 Å². The highest BCUT2D eigenvalue weighted by molar-refractivity contribution is 7.91. The summed E-state index contributed by atoms with van der Waals surface area (Å²) in [6.07, 6.45) is -1.34. The van der Waals surface area contributed by atoms with Crippen molar-refractivity contribution in [2.24, 2.45) is 0 Å². The van der Waals surface area contributed by atoms with Gasteiger partial charge in [-0.05, 0) is 81.6 Å². The Kier molecular flexibility index (Phi) is 11.2. The fraction of sp³-hybridized carbons (Fsp3) is 0.355. The Morgan fingerprint density at radius 1 is 1.02 bits per heavy atom. The van der Waals surface area contributed by atoms with E-state index < -0.39 is 50.1 Å². The average molecular weight is 634 g/mol. The number of hydrogen-bond acceptors (Lipinski definition) is 8. The number of ether oxygens (including phenoxy) is 3. The van der Waals surface area contributed by atoms with Crippen molar-refractivity contribution in [1.29, 1.82) is 0 Å². The maximum atomic E-state index is 13.5. The first-order chi connectivity index (χ1) is 20.1. The second kappa shape index (κ2) is 14.2. The highest BCUT2D eigenvalue weighted by Crippen LogP contribution is 2.31. The minimum Gasteiger partial charge on any atom is -0.478 e. The highest BCUT2D eigenvalue weighted by Gasteiger charge is 2.30. The molecule has 3 aromatic rings. The molecule has 2 N–H and O–H groups in total. The second-order valence-corrected chi connectivity index (χ2v) is 13.2. The predicted molar refractivity (Wildman–Crippen MR) is 160 cm³/mol. The second-order valence-electron chi connectivity index (χ2n) is 10.9. The van der Waals surface area contributed by atoms with Gasteiger partial charge >= 0.3 is 12.1 Å². The van der Waals surface area contributed by atoms with E-state index in [1.54, 1.807) is 64.1 Å². The molecule has 0 radical (unpaired) electrons. The van der Waals surface area contributed by atoms with Crippen LogP contribution in [-0.2, 0) is 25.7 Å². The van der Waals surface area contributed by atoms with E-state index >= 15 is 0 Å². The molecule has 12 heteroatoms. The van der Waals surface area contributed by atoms with Crippen molar-refractivity contribution < 1.29 is 42.4 Å². The van der Waals surface area contributed by atoms with Gasteiger partial charge < -0.3 is 29.3 Å². The minimum atomic E-state index is -4.24. The number of carbonyl (C=O) groups is 2. The van der Waals surface area contributed by atoms with E-state index in [1.807, 2.05) is 0 Å². The van der Waals surface area contributed by atoms with E-state index in [0.29, 0.717) is 22.6 Å². The number of rotatable bonds is 12. The Bertz CT molecular complexity index is 1540. The van der Waals surface area contributed by atoms with Crippen LogP contribution in [0.1, 0.15) is 55.3 Å². The van der Waals surface area contributed by atoms with Gasteiger partial charge in [0.2, 0.25) is 9.84 Å². The molecule has 0 heterocycles. The maximum absolute atomic E-state index is 13.5. The molecule has 0 unspecified atom stereocenters. The summed E-state index contributed by atoms with van der Waals surface area (Å²) < 4.78 is 42.6. The molecule has 3 aromatic carbocycles. The van der Waals surface area contributed by atoms with Crippen LogP contribution in [-0.4, -0.2) is 67.7 Å². The number of aliphatic hydroxyl groups is 1. The number of halogens is 1. The van der Waals surface area contributed by atoms with E-state index in [2.05, 4.69) is 0 Å². The van der Waals surface area contributed by atoms with Crippen LogP contribution in [0.5, 0.6) is 5.75 Å². The third-order valence-corrected chi connectivity index (χ3v) is 8.40. The van der Waals surface area contributed by atoms with Crippen molar-refractivity contribution in [2.45, 2.75) is 61.7 Å². The number of methoxy groups -OCH3 is 1. The zero-order valence-corrected chi connectivity index (χ0v) is 26.2. The summed E-state index contributed by atoms with van der Waals surface area (Å²) in [5, 5.41) is 21.1. The smallest absolute Gasteiger partial charge is 0.410 e. The third-order valence-electron chi connectivity index (χ3n) is 6.35. The topological polar surface area (TPSA) is 140 Å². The molecule has 0 aliphatic rings. The average Bonchev–Trinajstić information content (AvgIpc) is 2.93. The van der Waals surface area contributed by atoms with Gasteiger partial charge in [0.15, 0.2) is 6.79 Å². The Morgan fingerprint density at radius 2 is 1.67 bits per heavy atom. The van der Waals surface area contributed by atoms with Crippen molar-refractivity contribution in [3.8, 4) is 5.75 Å². The van der Waals surface area contributed by atoms with Gasteiger partial charge in [0, 0.05) is 18.2 Å². The number of carbonyl (C=O) groups excluding carboxylic acids is 1. The van der Waals surface area contributed by atoms with Crippen LogP contribution in [0.2, 0.25) is 5.02 Å². The van der Waals surface area contributed by atoms with Gasteiger partial charge in [-0.2, -0.15) is 0 Å². The molecular formula is C31H36ClNO9S. The van der Waals surface area contributed by atoms with E-state index in [0.717, 1.165) is 0 Å². The van der Waals surface area contributed by atoms with Crippen LogP contribution >= 0.6 is 11.6 Å². The first kappa shape index (κ1) is 33.9. The Balaban J connectivity index is 1.87. The highest BCUT2D eigenvalue weighted by atomic mass is 35.5. The quantitative estimate of drug-likeness (QED) is 0.238. The van der Waals surface area contributed by atoms with Gasteiger partial charge in [0.1, 0.15) is 16.9 Å². The number of carboxylic acid groups (broad SMARTS) is 1.